The summed E-state index contributed by atoms with van der Waals surface area (Å²) in [5.74, 6) is 0.663. The average molecular weight is 236 g/mol. The Balaban J connectivity index is 1.95. The highest BCUT2D eigenvalue weighted by molar-refractivity contribution is 5.80. The second-order valence-corrected chi connectivity index (χ2v) is 3.97. The first-order chi connectivity index (χ1) is 8.20. The Hall–Kier alpha value is -1.59. The van der Waals surface area contributed by atoms with Gasteiger partial charge in [0.25, 0.3) is 5.91 Å². The van der Waals surface area contributed by atoms with Gasteiger partial charge in [-0.25, -0.2) is 0 Å². The number of amides is 1. The molecular formula is C12H16N2O3. The van der Waals surface area contributed by atoms with E-state index in [4.69, 9.17) is 15.3 Å². The third-order valence-electron chi connectivity index (χ3n) is 2.68. The molecule has 1 amide bonds. The zero-order valence-electron chi connectivity index (χ0n) is 9.76. The number of benzene rings is 1. The molecule has 5 nitrogen and oxygen atoms in total. The lowest BCUT2D eigenvalue weighted by molar-refractivity contribution is -0.174. The topological polar surface area (TPSA) is 64.8 Å². The Labute approximate surface area is 100 Å². The van der Waals surface area contributed by atoms with Gasteiger partial charge in [-0.3, -0.25) is 4.79 Å². The van der Waals surface area contributed by atoms with Crippen LogP contribution in [0.4, 0.5) is 0 Å². The third-order valence-corrected chi connectivity index (χ3v) is 2.68. The maximum absolute atomic E-state index is 11.1. The highest BCUT2D eigenvalue weighted by Crippen LogP contribution is 2.19. The van der Waals surface area contributed by atoms with E-state index < -0.39 is 0 Å². The molecule has 1 heterocycles. The van der Waals surface area contributed by atoms with Gasteiger partial charge >= 0.3 is 0 Å². The average Bonchev–Trinajstić information content (AvgIpc) is 2.35. The first kappa shape index (κ1) is 11.9. The minimum Gasteiger partial charge on any atom is -0.383 e. The molecule has 2 rings (SSSR count). The molecule has 17 heavy (non-hydrogen) atoms. The number of nitrogens with zero attached hydrogens (tertiary/aromatic N) is 1. The number of hydrogen-bond donors (Lipinski definition) is 1. The van der Waals surface area contributed by atoms with E-state index in [1.807, 2.05) is 12.1 Å². The standard InChI is InChI=1S/C12H16N2O3/c1-16-8-11(13)9-2-4-10(5-3-9)17-14-7-6-12(14)15/h2-5,11H,6-8,13H2,1H3. The van der Waals surface area contributed by atoms with E-state index in [-0.39, 0.29) is 11.9 Å². The summed E-state index contributed by atoms with van der Waals surface area (Å²) < 4.78 is 4.98. The molecule has 5 heteroatoms. The maximum atomic E-state index is 11.1. The Morgan fingerprint density at radius 3 is 2.59 bits per heavy atom. The molecule has 0 spiro atoms. The van der Waals surface area contributed by atoms with E-state index in [2.05, 4.69) is 0 Å². The van der Waals surface area contributed by atoms with Crippen molar-refractivity contribution in [1.82, 2.24) is 5.06 Å². The number of hydroxylamine groups is 2. The predicted octanol–water partition coefficient (Wildman–Crippen LogP) is 0.859. The monoisotopic (exact) mass is 236 g/mol. The normalized spacial score (nSPS) is 16.6. The number of carbonyl (C=O) groups is 1. The van der Waals surface area contributed by atoms with Gasteiger partial charge in [-0.05, 0) is 17.7 Å². The van der Waals surface area contributed by atoms with Crippen LogP contribution in [0.15, 0.2) is 24.3 Å². The molecule has 1 fully saturated rings. The molecule has 1 unspecified atom stereocenters. The van der Waals surface area contributed by atoms with Crippen molar-refractivity contribution in [2.45, 2.75) is 12.5 Å². The molecule has 1 aromatic rings. The first-order valence-electron chi connectivity index (χ1n) is 5.53. The van der Waals surface area contributed by atoms with E-state index in [9.17, 15) is 4.79 Å². The minimum atomic E-state index is -0.139. The molecule has 1 saturated heterocycles. The van der Waals surface area contributed by atoms with Gasteiger partial charge in [-0.2, -0.15) is 5.06 Å². The zero-order chi connectivity index (χ0) is 12.3. The van der Waals surface area contributed by atoms with Crippen LogP contribution in [-0.4, -0.2) is 31.2 Å². The van der Waals surface area contributed by atoms with Gasteiger partial charge in [0.2, 0.25) is 0 Å². The number of methoxy groups -OCH3 is 1. The summed E-state index contributed by atoms with van der Waals surface area (Å²) in [5.41, 5.74) is 6.87. The van der Waals surface area contributed by atoms with E-state index in [0.29, 0.717) is 25.3 Å². The summed E-state index contributed by atoms with van der Waals surface area (Å²) in [6.45, 7) is 1.13. The Morgan fingerprint density at radius 2 is 2.12 bits per heavy atom. The van der Waals surface area contributed by atoms with E-state index >= 15 is 0 Å². The minimum absolute atomic E-state index is 0.0187. The summed E-state index contributed by atoms with van der Waals surface area (Å²) >= 11 is 0. The summed E-state index contributed by atoms with van der Waals surface area (Å²) in [6.07, 6.45) is 0.566. The number of rotatable bonds is 5. The van der Waals surface area contributed by atoms with Crippen molar-refractivity contribution in [2.75, 3.05) is 20.3 Å². The number of hydrogen-bond acceptors (Lipinski definition) is 4. The smallest absolute Gasteiger partial charge is 0.257 e. The highest BCUT2D eigenvalue weighted by Gasteiger charge is 2.25. The van der Waals surface area contributed by atoms with Crippen LogP contribution in [0.3, 0.4) is 0 Å². The van der Waals surface area contributed by atoms with E-state index in [1.54, 1.807) is 19.2 Å². The van der Waals surface area contributed by atoms with E-state index in [1.165, 1.54) is 5.06 Å². The Morgan fingerprint density at radius 1 is 1.41 bits per heavy atom. The first-order valence-corrected chi connectivity index (χ1v) is 5.53. The lowest BCUT2D eigenvalue weighted by Crippen LogP contribution is -2.45. The molecule has 0 bridgehead atoms. The lowest BCUT2D eigenvalue weighted by atomic mass is 10.1. The fourth-order valence-electron chi connectivity index (χ4n) is 1.57. The molecule has 0 aliphatic carbocycles. The van der Waals surface area contributed by atoms with Crippen LogP contribution in [0.1, 0.15) is 18.0 Å². The van der Waals surface area contributed by atoms with Crippen molar-refractivity contribution < 1.29 is 14.4 Å². The third kappa shape index (κ3) is 2.75. The summed E-state index contributed by atoms with van der Waals surface area (Å²) in [5, 5.41) is 1.35. The van der Waals surface area contributed by atoms with Crippen LogP contribution in [-0.2, 0) is 9.53 Å². The van der Waals surface area contributed by atoms with Gasteiger partial charge < -0.3 is 15.3 Å². The molecule has 1 aromatic carbocycles. The predicted molar refractivity (Wildman–Crippen MR) is 62.2 cm³/mol. The van der Waals surface area contributed by atoms with Crippen molar-refractivity contribution in [3.05, 3.63) is 29.8 Å². The van der Waals surface area contributed by atoms with Crippen molar-refractivity contribution in [3.8, 4) is 5.75 Å². The molecule has 0 aromatic heterocycles. The zero-order valence-corrected chi connectivity index (χ0v) is 9.76. The van der Waals surface area contributed by atoms with Crippen LogP contribution < -0.4 is 10.6 Å². The quantitative estimate of drug-likeness (QED) is 0.770. The molecule has 1 aliphatic heterocycles. The van der Waals surface area contributed by atoms with Crippen LogP contribution in [0, 0.1) is 0 Å². The largest absolute Gasteiger partial charge is 0.383 e. The van der Waals surface area contributed by atoms with Crippen LogP contribution in [0.5, 0.6) is 5.75 Å². The second kappa shape index (κ2) is 5.16. The summed E-state index contributed by atoms with van der Waals surface area (Å²) in [4.78, 5) is 16.4. The molecule has 0 radical (unpaired) electrons. The fraction of sp³-hybridized carbons (Fsp3) is 0.417. The van der Waals surface area contributed by atoms with Crippen LogP contribution in [0.25, 0.3) is 0 Å². The molecular weight excluding hydrogens is 220 g/mol. The molecule has 92 valence electrons. The molecule has 1 aliphatic rings. The van der Waals surface area contributed by atoms with Gasteiger partial charge in [0, 0.05) is 7.11 Å². The number of β-lactam (4-membered cyclic amide) rings is 1. The van der Waals surface area contributed by atoms with E-state index in [0.717, 1.165) is 5.56 Å². The van der Waals surface area contributed by atoms with Gasteiger partial charge in [0.1, 0.15) is 0 Å². The number of ether oxygens (including phenoxy) is 1. The van der Waals surface area contributed by atoms with Gasteiger partial charge in [0.15, 0.2) is 5.75 Å². The lowest BCUT2D eigenvalue weighted by Gasteiger charge is -2.29. The van der Waals surface area contributed by atoms with Crippen LogP contribution >= 0.6 is 0 Å². The highest BCUT2D eigenvalue weighted by atomic mass is 16.7. The molecule has 0 saturated carbocycles. The van der Waals surface area contributed by atoms with Crippen molar-refractivity contribution >= 4 is 5.91 Å². The fourth-order valence-corrected chi connectivity index (χ4v) is 1.57. The maximum Gasteiger partial charge on any atom is 0.257 e. The van der Waals surface area contributed by atoms with Gasteiger partial charge in [-0.15, -0.1) is 0 Å². The van der Waals surface area contributed by atoms with Gasteiger partial charge in [0.05, 0.1) is 25.6 Å². The van der Waals surface area contributed by atoms with Crippen molar-refractivity contribution in [1.29, 1.82) is 0 Å². The summed E-state index contributed by atoms with van der Waals surface area (Å²) in [7, 11) is 1.62. The van der Waals surface area contributed by atoms with Crippen LogP contribution in [0.2, 0.25) is 0 Å². The Bertz CT molecular complexity index is 391. The Kier molecular flexibility index (Phi) is 3.61. The van der Waals surface area contributed by atoms with Gasteiger partial charge in [-0.1, -0.05) is 12.1 Å². The molecule has 2 N–H and O–H groups in total. The second-order valence-electron chi connectivity index (χ2n) is 3.97. The molecule has 1 atom stereocenters. The van der Waals surface area contributed by atoms with Crippen molar-refractivity contribution in [3.63, 3.8) is 0 Å². The summed E-state index contributed by atoms with van der Waals surface area (Å²) in [6, 6.07) is 7.22. The number of nitrogens with two attached hydrogens (primary N) is 1. The SMILES string of the molecule is COCC(N)c1ccc(ON2CCC2=O)cc1. The van der Waals surface area contributed by atoms with Crippen molar-refractivity contribution in [2.24, 2.45) is 5.73 Å². The number of carbonyl (C=O) groups excluding carboxylic acids is 1.